The molecule has 2 bridgehead atoms. The number of fused-ring (bicyclic) bond motifs is 3. The average molecular weight is 253 g/mol. The van der Waals surface area contributed by atoms with Gasteiger partial charge >= 0.3 is 12.1 Å². The summed E-state index contributed by atoms with van der Waals surface area (Å²) in [4.78, 5) is 23.9. The summed E-state index contributed by atoms with van der Waals surface area (Å²) in [5, 5.41) is 18.6. The van der Waals surface area contributed by atoms with Crippen molar-refractivity contribution < 1.29 is 19.8 Å². The van der Waals surface area contributed by atoms with Crippen molar-refractivity contribution in [3.8, 4) is 0 Å². The molecule has 5 nitrogen and oxygen atoms in total. The number of hydrogen-bond acceptors (Lipinski definition) is 2. The Balaban J connectivity index is 1.82. The van der Waals surface area contributed by atoms with Gasteiger partial charge in [-0.3, -0.25) is 4.90 Å². The van der Waals surface area contributed by atoms with E-state index < -0.39 is 18.1 Å². The number of carbonyl (C=O) groups is 2. The van der Waals surface area contributed by atoms with E-state index in [-0.39, 0.29) is 12.0 Å². The van der Waals surface area contributed by atoms with E-state index in [0.29, 0.717) is 5.92 Å². The number of rotatable bonds is 3. The van der Waals surface area contributed by atoms with Crippen LogP contribution in [0.15, 0.2) is 0 Å². The maximum absolute atomic E-state index is 11.4. The molecule has 2 saturated heterocycles. The van der Waals surface area contributed by atoms with Gasteiger partial charge in [0.2, 0.25) is 0 Å². The number of hydrogen-bond donors (Lipinski definition) is 2. The van der Waals surface area contributed by atoms with E-state index in [1.165, 1.54) is 17.7 Å². The molecule has 4 rings (SSSR count). The third kappa shape index (κ3) is 1.85. The first-order chi connectivity index (χ1) is 8.58. The molecule has 0 radical (unpaired) electrons. The van der Waals surface area contributed by atoms with Crippen molar-refractivity contribution in [2.24, 2.45) is 17.8 Å². The maximum atomic E-state index is 11.4. The zero-order valence-electron chi connectivity index (χ0n) is 10.3. The van der Waals surface area contributed by atoms with Gasteiger partial charge in [0.25, 0.3) is 0 Å². The predicted octanol–water partition coefficient (Wildman–Crippen LogP) is 2.02. The lowest BCUT2D eigenvalue weighted by Gasteiger charge is -2.52. The van der Waals surface area contributed by atoms with Gasteiger partial charge in [-0.1, -0.05) is 12.8 Å². The molecule has 0 unspecified atom stereocenters. The average Bonchev–Trinajstić information content (AvgIpc) is 3.12. The summed E-state index contributed by atoms with van der Waals surface area (Å²) < 4.78 is 0. The van der Waals surface area contributed by atoms with E-state index in [0.717, 1.165) is 31.6 Å². The Morgan fingerprint density at radius 2 is 1.83 bits per heavy atom. The van der Waals surface area contributed by atoms with Gasteiger partial charge in [0.1, 0.15) is 6.04 Å². The first-order valence-corrected chi connectivity index (χ1v) is 6.82. The van der Waals surface area contributed by atoms with Crippen LogP contribution in [0.1, 0.15) is 38.5 Å². The number of nitrogens with zero attached hydrogens (tertiary/aromatic N) is 1. The van der Waals surface area contributed by atoms with Gasteiger partial charge < -0.3 is 10.2 Å². The van der Waals surface area contributed by atoms with Crippen LogP contribution in [0.3, 0.4) is 0 Å². The molecule has 2 heterocycles. The highest BCUT2D eigenvalue weighted by molar-refractivity contribution is 5.80. The first-order valence-electron chi connectivity index (χ1n) is 6.82. The van der Waals surface area contributed by atoms with Gasteiger partial charge in [0, 0.05) is 6.04 Å². The second-order valence-corrected chi connectivity index (χ2v) is 6.05. The van der Waals surface area contributed by atoms with Crippen LogP contribution in [-0.4, -0.2) is 39.3 Å². The van der Waals surface area contributed by atoms with E-state index in [2.05, 4.69) is 0 Å². The number of aliphatic carboxylic acids is 1. The monoisotopic (exact) mass is 253 g/mol. The second-order valence-electron chi connectivity index (χ2n) is 6.05. The molecule has 0 aromatic heterocycles. The number of piperidine rings is 2. The van der Waals surface area contributed by atoms with E-state index >= 15 is 0 Å². The summed E-state index contributed by atoms with van der Waals surface area (Å²) in [5.74, 6) is 0.209. The molecular weight excluding hydrogens is 234 g/mol. The van der Waals surface area contributed by atoms with Gasteiger partial charge in [-0.25, -0.2) is 9.59 Å². The van der Waals surface area contributed by atoms with E-state index in [9.17, 15) is 19.8 Å². The molecule has 4 aliphatic rings. The zero-order chi connectivity index (χ0) is 12.9. The van der Waals surface area contributed by atoms with Crippen LogP contribution in [0.5, 0.6) is 0 Å². The van der Waals surface area contributed by atoms with Gasteiger partial charge in [0.05, 0.1) is 0 Å². The van der Waals surface area contributed by atoms with Gasteiger partial charge in [-0.15, -0.1) is 0 Å². The molecule has 2 saturated carbocycles. The van der Waals surface area contributed by atoms with Crippen molar-refractivity contribution in [1.82, 2.24) is 4.90 Å². The minimum absolute atomic E-state index is 0.0207. The highest BCUT2D eigenvalue weighted by atomic mass is 16.4. The fourth-order valence-electron chi connectivity index (χ4n) is 3.99. The second kappa shape index (κ2) is 4.14. The van der Waals surface area contributed by atoms with Crippen LogP contribution >= 0.6 is 0 Å². The Bertz CT molecular complexity index is 379. The first kappa shape index (κ1) is 11.8. The fraction of sp³-hybridized carbons (Fsp3) is 0.846. The summed E-state index contributed by atoms with van der Waals surface area (Å²) in [5.41, 5.74) is 0. The third-order valence-corrected chi connectivity index (χ3v) is 4.89. The topological polar surface area (TPSA) is 77.8 Å². The summed E-state index contributed by atoms with van der Waals surface area (Å²) in [6, 6.07) is -0.870. The molecule has 2 aliphatic carbocycles. The largest absolute Gasteiger partial charge is 0.480 e. The Labute approximate surface area is 106 Å². The zero-order valence-corrected chi connectivity index (χ0v) is 10.3. The number of carboxylic acids is 1. The lowest BCUT2D eigenvalue weighted by atomic mass is 9.67. The van der Waals surface area contributed by atoms with Crippen LogP contribution in [0.2, 0.25) is 0 Å². The van der Waals surface area contributed by atoms with Crippen molar-refractivity contribution in [2.75, 3.05) is 0 Å². The Kier molecular flexibility index (Phi) is 2.72. The minimum atomic E-state index is -1.06. The third-order valence-electron chi connectivity index (χ3n) is 4.89. The van der Waals surface area contributed by atoms with Crippen LogP contribution in [0, 0.1) is 17.8 Å². The van der Waals surface area contributed by atoms with Crippen molar-refractivity contribution >= 4 is 12.1 Å². The van der Waals surface area contributed by atoms with Crippen molar-refractivity contribution in [2.45, 2.75) is 50.6 Å². The van der Waals surface area contributed by atoms with E-state index in [4.69, 9.17) is 0 Å². The van der Waals surface area contributed by atoms with Gasteiger partial charge in [0.15, 0.2) is 0 Å². The molecule has 0 aromatic rings. The van der Waals surface area contributed by atoms with E-state index in [1.54, 1.807) is 0 Å². The normalized spacial score (nSPS) is 38.8. The predicted molar refractivity (Wildman–Crippen MR) is 63.2 cm³/mol. The van der Waals surface area contributed by atoms with Crippen molar-refractivity contribution in [3.05, 3.63) is 0 Å². The Morgan fingerprint density at radius 1 is 1.11 bits per heavy atom. The molecular formula is C13H19NO4. The molecule has 2 N–H and O–H groups in total. The van der Waals surface area contributed by atoms with Crippen LogP contribution in [0.25, 0.3) is 0 Å². The molecule has 18 heavy (non-hydrogen) atoms. The molecule has 100 valence electrons. The van der Waals surface area contributed by atoms with Gasteiger partial charge in [-0.05, 0) is 43.4 Å². The SMILES string of the molecule is O=C(O)[C@H]1[C@@H]2CC[C@@H]([C@@H](CC3CC3)C2)N1C(=O)O. The van der Waals surface area contributed by atoms with Crippen LogP contribution in [0.4, 0.5) is 4.79 Å². The molecule has 4 fully saturated rings. The van der Waals surface area contributed by atoms with Crippen LogP contribution in [-0.2, 0) is 4.79 Å². The molecule has 2 aliphatic heterocycles. The van der Waals surface area contributed by atoms with Crippen LogP contribution < -0.4 is 0 Å². The molecule has 0 spiro atoms. The molecule has 1 amide bonds. The fourth-order valence-corrected chi connectivity index (χ4v) is 3.99. The van der Waals surface area contributed by atoms with Crippen molar-refractivity contribution in [1.29, 1.82) is 0 Å². The highest BCUT2D eigenvalue weighted by Crippen LogP contribution is 2.48. The maximum Gasteiger partial charge on any atom is 0.408 e. The lowest BCUT2D eigenvalue weighted by Crippen LogP contribution is -2.63. The highest BCUT2D eigenvalue weighted by Gasteiger charge is 2.52. The Hall–Kier alpha value is -1.26. The summed E-state index contributed by atoms with van der Waals surface area (Å²) >= 11 is 0. The summed E-state index contributed by atoms with van der Waals surface area (Å²) in [6.07, 6.45) is 5.19. The smallest absolute Gasteiger partial charge is 0.408 e. The molecule has 5 heteroatoms. The van der Waals surface area contributed by atoms with Gasteiger partial charge in [-0.2, -0.15) is 0 Å². The molecule has 4 atom stereocenters. The number of carboxylic acid groups (broad SMARTS) is 2. The van der Waals surface area contributed by atoms with Crippen molar-refractivity contribution in [3.63, 3.8) is 0 Å². The quantitative estimate of drug-likeness (QED) is 0.806. The Morgan fingerprint density at radius 3 is 2.39 bits per heavy atom. The lowest BCUT2D eigenvalue weighted by molar-refractivity contribution is -0.153. The minimum Gasteiger partial charge on any atom is -0.480 e. The molecule has 0 aromatic carbocycles. The number of amides is 1. The standard InChI is InChI=1S/C13H19NO4/c15-12(16)11-8-3-4-10(14(11)13(17)18)9(6-8)5-7-1-2-7/h7-11H,1-6H2,(H,15,16)(H,17,18)/t8-,9+,10+,11-/m1/s1. The summed E-state index contributed by atoms with van der Waals surface area (Å²) in [7, 11) is 0. The summed E-state index contributed by atoms with van der Waals surface area (Å²) in [6.45, 7) is 0. The van der Waals surface area contributed by atoms with E-state index in [1.807, 2.05) is 0 Å².